The summed E-state index contributed by atoms with van der Waals surface area (Å²) in [6.07, 6.45) is 10.4. The Balaban J connectivity index is 1.48. The van der Waals surface area contributed by atoms with E-state index in [9.17, 15) is 0 Å². The molecule has 3 fully saturated rings. The Hall–Kier alpha value is -0.0400. The van der Waals surface area contributed by atoms with E-state index in [0.29, 0.717) is 0 Å². The first kappa shape index (κ1) is 12.0. The fraction of sp³-hybridized carbons (Fsp3) is 1.00. The van der Waals surface area contributed by atoms with E-state index >= 15 is 0 Å². The van der Waals surface area contributed by atoms with Crippen LogP contribution >= 0.6 is 0 Å². The summed E-state index contributed by atoms with van der Waals surface area (Å²) in [6.45, 7) is 6.27. The van der Waals surface area contributed by atoms with Crippen LogP contribution in [0.15, 0.2) is 0 Å². The van der Waals surface area contributed by atoms with Crippen molar-refractivity contribution in [2.45, 2.75) is 64.8 Å². The molecule has 0 aromatic rings. The molecule has 0 spiro atoms. The van der Waals surface area contributed by atoms with E-state index in [0.717, 1.165) is 35.6 Å². The van der Waals surface area contributed by atoms with Crippen LogP contribution in [0.3, 0.4) is 0 Å². The van der Waals surface area contributed by atoms with Crippen molar-refractivity contribution in [1.82, 2.24) is 5.32 Å². The second kappa shape index (κ2) is 4.91. The van der Waals surface area contributed by atoms with E-state index in [2.05, 4.69) is 19.2 Å². The Morgan fingerprint density at radius 2 is 1.59 bits per heavy atom. The molecule has 3 aliphatic carbocycles. The van der Waals surface area contributed by atoms with Crippen molar-refractivity contribution < 1.29 is 0 Å². The van der Waals surface area contributed by atoms with E-state index in [4.69, 9.17) is 0 Å². The molecule has 0 aliphatic heterocycles. The van der Waals surface area contributed by atoms with Gasteiger partial charge in [-0.3, -0.25) is 0 Å². The number of rotatable bonds is 4. The molecule has 3 rings (SSSR count). The summed E-state index contributed by atoms with van der Waals surface area (Å²) in [5, 5.41) is 3.75. The van der Waals surface area contributed by atoms with Gasteiger partial charge in [-0.25, -0.2) is 0 Å². The van der Waals surface area contributed by atoms with Crippen LogP contribution in [-0.4, -0.2) is 12.6 Å². The van der Waals surface area contributed by atoms with Gasteiger partial charge in [-0.1, -0.05) is 13.8 Å². The molecule has 0 aromatic heterocycles. The largest absolute Gasteiger partial charge is 0.314 e. The van der Waals surface area contributed by atoms with Crippen molar-refractivity contribution in [2.24, 2.45) is 29.6 Å². The molecule has 3 aliphatic rings. The van der Waals surface area contributed by atoms with Gasteiger partial charge in [0.05, 0.1) is 0 Å². The molecule has 0 saturated heterocycles. The predicted molar refractivity (Wildman–Crippen MR) is 72.9 cm³/mol. The molecule has 98 valence electrons. The smallest absolute Gasteiger partial charge is 0.00683 e. The molecule has 1 nitrogen and oxygen atoms in total. The topological polar surface area (TPSA) is 12.0 Å². The Morgan fingerprint density at radius 1 is 0.882 bits per heavy atom. The lowest BCUT2D eigenvalue weighted by molar-refractivity contribution is 0.0495. The van der Waals surface area contributed by atoms with Gasteiger partial charge in [-0.2, -0.15) is 0 Å². The monoisotopic (exact) mass is 235 g/mol. The quantitative estimate of drug-likeness (QED) is 0.781. The summed E-state index contributed by atoms with van der Waals surface area (Å²) < 4.78 is 0. The van der Waals surface area contributed by atoms with E-state index in [1.54, 1.807) is 0 Å². The zero-order valence-corrected chi connectivity index (χ0v) is 11.6. The van der Waals surface area contributed by atoms with Crippen LogP contribution in [0.2, 0.25) is 0 Å². The SMILES string of the molecule is CC1CC(C)CC(C2CCC2CNC2CC2)C1. The van der Waals surface area contributed by atoms with Crippen LogP contribution in [0, 0.1) is 29.6 Å². The molecule has 1 N–H and O–H groups in total. The number of hydrogen-bond acceptors (Lipinski definition) is 1. The number of nitrogens with one attached hydrogen (secondary N) is 1. The maximum Gasteiger partial charge on any atom is 0.00683 e. The molecule has 0 aromatic carbocycles. The maximum atomic E-state index is 3.75. The third kappa shape index (κ3) is 2.86. The minimum atomic E-state index is 0.903. The highest BCUT2D eigenvalue weighted by Crippen LogP contribution is 2.47. The van der Waals surface area contributed by atoms with Gasteiger partial charge in [-0.15, -0.1) is 0 Å². The van der Waals surface area contributed by atoms with Gasteiger partial charge >= 0.3 is 0 Å². The second-order valence-corrected chi connectivity index (χ2v) is 7.36. The summed E-state index contributed by atoms with van der Waals surface area (Å²) in [5.74, 6) is 5.14. The Kier molecular flexibility index (Phi) is 3.47. The first-order valence-electron chi connectivity index (χ1n) is 7.95. The van der Waals surface area contributed by atoms with Crippen LogP contribution in [0.1, 0.15) is 58.8 Å². The lowest BCUT2D eigenvalue weighted by atomic mass is 9.60. The fourth-order valence-corrected chi connectivity index (χ4v) is 4.43. The first-order chi connectivity index (χ1) is 8.22. The van der Waals surface area contributed by atoms with Crippen molar-refractivity contribution in [3.05, 3.63) is 0 Å². The maximum absolute atomic E-state index is 3.75. The summed E-state index contributed by atoms with van der Waals surface area (Å²) in [7, 11) is 0. The van der Waals surface area contributed by atoms with E-state index in [1.807, 2.05) is 0 Å². The first-order valence-corrected chi connectivity index (χ1v) is 7.95. The van der Waals surface area contributed by atoms with Crippen molar-refractivity contribution in [3.63, 3.8) is 0 Å². The molecule has 1 heteroatoms. The summed E-state index contributed by atoms with van der Waals surface area (Å²) in [6, 6.07) is 0.903. The predicted octanol–water partition coefficient (Wildman–Crippen LogP) is 3.84. The van der Waals surface area contributed by atoms with E-state index in [1.165, 1.54) is 51.5 Å². The average molecular weight is 235 g/mol. The van der Waals surface area contributed by atoms with Crippen molar-refractivity contribution in [3.8, 4) is 0 Å². The van der Waals surface area contributed by atoms with Crippen molar-refractivity contribution in [2.75, 3.05) is 6.54 Å². The van der Waals surface area contributed by atoms with Crippen molar-refractivity contribution >= 4 is 0 Å². The Labute approximate surface area is 107 Å². The van der Waals surface area contributed by atoms with Crippen LogP contribution in [0.5, 0.6) is 0 Å². The molecule has 3 saturated carbocycles. The van der Waals surface area contributed by atoms with Gasteiger partial charge in [-0.05, 0) is 81.1 Å². The fourth-order valence-electron chi connectivity index (χ4n) is 4.43. The molecule has 4 atom stereocenters. The van der Waals surface area contributed by atoms with E-state index in [-0.39, 0.29) is 0 Å². The molecule has 4 unspecified atom stereocenters. The van der Waals surface area contributed by atoms with Crippen LogP contribution < -0.4 is 5.32 Å². The average Bonchev–Trinajstić information content (AvgIpc) is 2.98. The highest BCUT2D eigenvalue weighted by atomic mass is 14.9. The van der Waals surface area contributed by atoms with Gasteiger partial charge in [0, 0.05) is 6.04 Å². The molecule has 0 radical (unpaired) electrons. The summed E-state index contributed by atoms with van der Waals surface area (Å²) >= 11 is 0. The normalized spacial score (nSPS) is 46.6. The van der Waals surface area contributed by atoms with Gasteiger partial charge in [0.2, 0.25) is 0 Å². The van der Waals surface area contributed by atoms with Crippen LogP contribution in [0.4, 0.5) is 0 Å². The van der Waals surface area contributed by atoms with Crippen molar-refractivity contribution in [1.29, 1.82) is 0 Å². The summed E-state index contributed by atoms with van der Waals surface area (Å²) in [4.78, 5) is 0. The van der Waals surface area contributed by atoms with Crippen LogP contribution in [0.25, 0.3) is 0 Å². The van der Waals surface area contributed by atoms with Gasteiger partial charge in [0.25, 0.3) is 0 Å². The zero-order chi connectivity index (χ0) is 11.8. The minimum Gasteiger partial charge on any atom is -0.314 e. The zero-order valence-electron chi connectivity index (χ0n) is 11.6. The third-order valence-electron chi connectivity index (χ3n) is 5.54. The van der Waals surface area contributed by atoms with Gasteiger partial charge < -0.3 is 5.32 Å². The molecule has 0 heterocycles. The van der Waals surface area contributed by atoms with Crippen LogP contribution in [-0.2, 0) is 0 Å². The molecule has 17 heavy (non-hydrogen) atoms. The molecule has 0 bridgehead atoms. The highest BCUT2D eigenvalue weighted by Gasteiger charge is 2.39. The molecule has 0 amide bonds. The lowest BCUT2D eigenvalue weighted by Crippen LogP contribution is -2.41. The molecular formula is C16H29N. The minimum absolute atomic E-state index is 0.903. The third-order valence-corrected chi connectivity index (χ3v) is 5.54. The number of hydrogen-bond donors (Lipinski definition) is 1. The van der Waals surface area contributed by atoms with Gasteiger partial charge in [0.1, 0.15) is 0 Å². The van der Waals surface area contributed by atoms with Gasteiger partial charge in [0.15, 0.2) is 0 Å². The lowest BCUT2D eigenvalue weighted by Gasteiger charge is -2.46. The van der Waals surface area contributed by atoms with E-state index < -0.39 is 0 Å². The highest BCUT2D eigenvalue weighted by molar-refractivity contribution is 4.92. The second-order valence-electron chi connectivity index (χ2n) is 7.36. The Morgan fingerprint density at radius 3 is 2.12 bits per heavy atom. The molecular weight excluding hydrogens is 206 g/mol. The standard InChI is InChI=1S/C16H29N/c1-11-7-12(2)9-14(8-11)16-6-3-13(16)10-17-15-4-5-15/h11-17H,3-10H2,1-2H3. The summed E-state index contributed by atoms with van der Waals surface area (Å²) in [5.41, 5.74) is 0. The Bertz CT molecular complexity index is 248.